The minimum absolute atomic E-state index is 0.182. The van der Waals surface area contributed by atoms with E-state index in [4.69, 9.17) is 0 Å². The normalized spacial score (nSPS) is 19.2. The summed E-state index contributed by atoms with van der Waals surface area (Å²) in [6, 6.07) is 1.89. The average Bonchev–Trinajstić information content (AvgIpc) is 2.96. The Morgan fingerprint density at radius 3 is 2.90 bits per heavy atom. The number of rotatable bonds is 5. The van der Waals surface area contributed by atoms with E-state index >= 15 is 0 Å². The summed E-state index contributed by atoms with van der Waals surface area (Å²) in [4.78, 5) is 28.1. The standard InChI is InChI=1S/C23H33N5O2/c1-16-10-12-28(14-17-7-6-11-24-13-17)23(30)21(16)22(29)27(2)15-20-18-8-4-3-5-9-19(18)25-26-20/h10,12,17,24H,3-9,11,13-15H2,1-2H3,(H,25,26). The fourth-order valence-electron chi connectivity index (χ4n) is 4.77. The SMILES string of the molecule is Cc1ccn(CC2CCCNC2)c(=O)c1C(=O)N(C)Cc1n[nH]c2c1CCCCC2. The quantitative estimate of drug-likeness (QED) is 0.740. The molecule has 1 unspecified atom stereocenters. The first-order chi connectivity index (χ1) is 14.5. The van der Waals surface area contributed by atoms with Crippen LogP contribution in [0.4, 0.5) is 0 Å². The molecule has 1 aliphatic heterocycles. The zero-order chi connectivity index (χ0) is 21.1. The summed E-state index contributed by atoms with van der Waals surface area (Å²) in [5.41, 5.74) is 4.24. The maximum Gasteiger partial charge on any atom is 0.263 e. The van der Waals surface area contributed by atoms with Crippen LogP contribution in [0.25, 0.3) is 0 Å². The molecule has 1 atom stereocenters. The summed E-state index contributed by atoms with van der Waals surface area (Å²) < 4.78 is 1.71. The van der Waals surface area contributed by atoms with Gasteiger partial charge >= 0.3 is 0 Å². The van der Waals surface area contributed by atoms with Crippen LogP contribution in [0.5, 0.6) is 0 Å². The molecule has 1 amide bonds. The van der Waals surface area contributed by atoms with Gasteiger partial charge < -0.3 is 14.8 Å². The Hall–Kier alpha value is -2.41. The number of hydrogen-bond donors (Lipinski definition) is 2. The van der Waals surface area contributed by atoms with Crippen molar-refractivity contribution in [3.05, 3.63) is 50.7 Å². The topological polar surface area (TPSA) is 83.0 Å². The third-order valence-corrected chi connectivity index (χ3v) is 6.57. The van der Waals surface area contributed by atoms with Crippen molar-refractivity contribution in [2.75, 3.05) is 20.1 Å². The molecular formula is C23H33N5O2. The first-order valence-corrected chi connectivity index (χ1v) is 11.3. The van der Waals surface area contributed by atoms with Gasteiger partial charge in [0, 0.05) is 25.5 Å². The molecule has 162 valence electrons. The highest BCUT2D eigenvalue weighted by atomic mass is 16.2. The van der Waals surface area contributed by atoms with Crippen LogP contribution >= 0.6 is 0 Å². The molecule has 0 radical (unpaired) electrons. The van der Waals surface area contributed by atoms with Crippen molar-refractivity contribution in [3.63, 3.8) is 0 Å². The number of aromatic nitrogens is 3. The van der Waals surface area contributed by atoms with Gasteiger partial charge in [0.25, 0.3) is 11.5 Å². The van der Waals surface area contributed by atoms with Gasteiger partial charge in [-0.05, 0) is 81.6 Å². The molecule has 0 bridgehead atoms. The Morgan fingerprint density at radius 2 is 2.10 bits per heavy atom. The summed E-state index contributed by atoms with van der Waals surface area (Å²) in [6.45, 7) is 4.89. The molecule has 1 saturated heterocycles. The fraction of sp³-hybridized carbons (Fsp3) is 0.609. The summed E-state index contributed by atoms with van der Waals surface area (Å²) in [5, 5.41) is 11.0. The van der Waals surface area contributed by atoms with Crippen LogP contribution in [0.3, 0.4) is 0 Å². The Balaban J connectivity index is 1.53. The second-order valence-electron chi connectivity index (χ2n) is 8.89. The Morgan fingerprint density at radius 1 is 1.27 bits per heavy atom. The molecular weight excluding hydrogens is 378 g/mol. The number of pyridine rings is 1. The highest BCUT2D eigenvalue weighted by molar-refractivity contribution is 5.95. The van der Waals surface area contributed by atoms with E-state index in [1.165, 1.54) is 24.1 Å². The van der Waals surface area contributed by atoms with Gasteiger partial charge in [-0.2, -0.15) is 5.10 Å². The van der Waals surface area contributed by atoms with Crippen LogP contribution in [-0.4, -0.2) is 45.7 Å². The number of hydrogen-bond acceptors (Lipinski definition) is 4. The number of H-pyrrole nitrogens is 1. The average molecular weight is 412 g/mol. The first-order valence-electron chi connectivity index (χ1n) is 11.3. The molecule has 7 heteroatoms. The fourth-order valence-corrected chi connectivity index (χ4v) is 4.77. The number of carbonyl (C=O) groups excluding carboxylic acids is 1. The van der Waals surface area contributed by atoms with Crippen molar-refractivity contribution in [1.82, 2.24) is 25.0 Å². The number of nitrogens with one attached hydrogen (secondary N) is 2. The zero-order valence-corrected chi connectivity index (χ0v) is 18.2. The van der Waals surface area contributed by atoms with E-state index in [9.17, 15) is 9.59 Å². The minimum Gasteiger partial charge on any atom is -0.336 e. The first kappa shape index (κ1) is 20.8. The van der Waals surface area contributed by atoms with Crippen LogP contribution in [0.2, 0.25) is 0 Å². The van der Waals surface area contributed by atoms with Gasteiger partial charge in [-0.1, -0.05) is 6.42 Å². The van der Waals surface area contributed by atoms with Crippen molar-refractivity contribution >= 4 is 5.91 Å². The summed E-state index contributed by atoms with van der Waals surface area (Å²) in [7, 11) is 1.77. The van der Waals surface area contributed by atoms with Crippen molar-refractivity contribution < 1.29 is 4.79 Å². The van der Waals surface area contributed by atoms with E-state index in [1.54, 1.807) is 16.5 Å². The molecule has 2 aromatic rings. The van der Waals surface area contributed by atoms with Gasteiger partial charge in [0.1, 0.15) is 5.56 Å². The van der Waals surface area contributed by atoms with E-state index in [-0.39, 0.29) is 17.0 Å². The predicted molar refractivity (Wildman–Crippen MR) is 117 cm³/mol. The largest absolute Gasteiger partial charge is 0.336 e. The maximum atomic E-state index is 13.3. The number of carbonyl (C=O) groups is 1. The lowest BCUT2D eigenvalue weighted by Crippen LogP contribution is -2.38. The molecule has 4 rings (SSSR count). The van der Waals surface area contributed by atoms with Crippen molar-refractivity contribution in [2.45, 2.75) is 65.0 Å². The molecule has 1 aliphatic carbocycles. The maximum absolute atomic E-state index is 13.3. The second kappa shape index (κ2) is 9.16. The van der Waals surface area contributed by atoms with Crippen LogP contribution in [0.15, 0.2) is 17.1 Å². The van der Waals surface area contributed by atoms with Crippen molar-refractivity contribution in [2.24, 2.45) is 5.92 Å². The van der Waals surface area contributed by atoms with E-state index in [0.717, 1.165) is 56.5 Å². The van der Waals surface area contributed by atoms with Gasteiger partial charge in [0.05, 0.1) is 12.2 Å². The lowest BCUT2D eigenvalue weighted by molar-refractivity contribution is 0.0779. The molecule has 3 heterocycles. The summed E-state index contributed by atoms with van der Waals surface area (Å²) in [5.74, 6) is 0.207. The smallest absolute Gasteiger partial charge is 0.263 e. The van der Waals surface area contributed by atoms with Gasteiger partial charge in [0.2, 0.25) is 0 Å². The van der Waals surface area contributed by atoms with Crippen LogP contribution in [0, 0.1) is 12.8 Å². The van der Waals surface area contributed by atoms with Gasteiger partial charge in [-0.3, -0.25) is 14.7 Å². The van der Waals surface area contributed by atoms with Crippen LogP contribution in [-0.2, 0) is 25.9 Å². The Labute approximate surface area is 177 Å². The molecule has 0 saturated carbocycles. The Bertz CT molecular complexity index is 955. The molecule has 0 aromatic carbocycles. The van der Waals surface area contributed by atoms with Crippen LogP contribution in [0.1, 0.15) is 65.0 Å². The molecule has 2 aliphatic rings. The molecule has 1 fully saturated rings. The predicted octanol–water partition coefficient (Wildman–Crippen LogP) is 2.42. The molecule has 30 heavy (non-hydrogen) atoms. The molecule has 2 aromatic heterocycles. The van der Waals surface area contributed by atoms with Gasteiger partial charge in [0.15, 0.2) is 0 Å². The monoisotopic (exact) mass is 411 g/mol. The lowest BCUT2D eigenvalue weighted by atomic mass is 9.99. The molecule has 7 nitrogen and oxygen atoms in total. The third-order valence-electron chi connectivity index (χ3n) is 6.57. The zero-order valence-electron chi connectivity index (χ0n) is 18.2. The van der Waals surface area contributed by atoms with Gasteiger partial charge in [-0.15, -0.1) is 0 Å². The van der Waals surface area contributed by atoms with E-state index in [2.05, 4.69) is 15.5 Å². The Kier molecular flexibility index (Phi) is 6.37. The van der Waals surface area contributed by atoms with Crippen molar-refractivity contribution in [1.29, 1.82) is 0 Å². The second-order valence-corrected chi connectivity index (χ2v) is 8.89. The van der Waals surface area contributed by atoms with Gasteiger partial charge in [-0.25, -0.2) is 0 Å². The van der Waals surface area contributed by atoms with Crippen LogP contribution < -0.4 is 10.9 Å². The molecule has 0 spiro atoms. The number of amides is 1. The highest BCUT2D eigenvalue weighted by Crippen LogP contribution is 2.23. The number of nitrogens with zero attached hydrogens (tertiary/aromatic N) is 3. The highest BCUT2D eigenvalue weighted by Gasteiger charge is 2.24. The summed E-state index contributed by atoms with van der Waals surface area (Å²) in [6.07, 6.45) is 9.69. The van der Waals surface area contributed by atoms with E-state index in [0.29, 0.717) is 19.0 Å². The minimum atomic E-state index is -0.223. The third kappa shape index (κ3) is 4.36. The number of aromatic amines is 1. The van der Waals surface area contributed by atoms with Crippen molar-refractivity contribution in [3.8, 4) is 0 Å². The number of piperidine rings is 1. The lowest BCUT2D eigenvalue weighted by Gasteiger charge is -2.24. The van der Waals surface area contributed by atoms with E-state index < -0.39 is 0 Å². The number of fused-ring (bicyclic) bond motifs is 1. The molecule has 2 N–H and O–H groups in total. The number of aryl methyl sites for hydroxylation is 2. The van der Waals surface area contributed by atoms with E-state index in [1.807, 2.05) is 19.2 Å². The summed E-state index contributed by atoms with van der Waals surface area (Å²) >= 11 is 0.